The number of carbonyl (C=O) groups is 1. The fraction of sp³-hybridized carbons (Fsp3) is 0.200. The number of hydrogen-bond donors (Lipinski definition) is 1. The van der Waals surface area contributed by atoms with Crippen LogP contribution in [0, 0.1) is 0 Å². The minimum Gasteiger partial charge on any atom is -0.481 e. The van der Waals surface area contributed by atoms with Crippen LogP contribution >= 0.6 is 0 Å². The van der Waals surface area contributed by atoms with Crippen LogP contribution in [0.15, 0.2) is 24.3 Å². The van der Waals surface area contributed by atoms with Gasteiger partial charge in [0.25, 0.3) is 0 Å². The smallest absolute Gasteiger partial charge is 0.416 e. The lowest BCUT2D eigenvalue weighted by Crippen LogP contribution is -2.06. The zero-order chi connectivity index (χ0) is 14.0. The van der Waals surface area contributed by atoms with Gasteiger partial charge in [0.1, 0.15) is 6.42 Å². The Bertz CT molecular complexity index is 592. The second kappa shape index (κ2) is 4.67. The molecule has 0 radical (unpaired) electrons. The molecular formula is C10H7F3N4O2. The van der Waals surface area contributed by atoms with Crippen molar-refractivity contribution >= 4 is 5.97 Å². The molecular weight excluding hydrogens is 265 g/mol. The van der Waals surface area contributed by atoms with Crippen molar-refractivity contribution in [1.29, 1.82) is 0 Å². The second-order valence-corrected chi connectivity index (χ2v) is 3.61. The number of hydrogen-bond acceptors (Lipinski definition) is 4. The third kappa shape index (κ3) is 3.06. The number of aliphatic carboxylic acids is 1. The molecule has 0 amide bonds. The van der Waals surface area contributed by atoms with Crippen LogP contribution in [0.4, 0.5) is 13.2 Å². The molecule has 19 heavy (non-hydrogen) atoms. The molecule has 6 nitrogen and oxygen atoms in total. The molecule has 0 atom stereocenters. The van der Waals surface area contributed by atoms with Gasteiger partial charge < -0.3 is 5.11 Å². The topological polar surface area (TPSA) is 80.9 Å². The molecule has 0 unspecified atom stereocenters. The van der Waals surface area contributed by atoms with E-state index in [0.29, 0.717) is 0 Å². The number of alkyl halides is 3. The molecule has 2 rings (SSSR count). The van der Waals surface area contributed by atoms with Gasteiger partial charge in [0.15, 0.2) is 5.82 Å². The highest BCUT2D eigenvalue weighted by atomic mass is 19.4. The summed E-state index contributed by atoms with van der Waals surface area (Å²) in [6, 6.07) is 4.12. The molecule has 2 aromatic rings. The van der Waals surface area contributed by atoms with E-state index in [9.17, 15) is 18.0 Å². The lowest BCUT2D eigenvalue weighted by atomic mass is 10.2. The van der Waals surface area contributed by atoms with E-state index in [2.05, 4.69) is 15.4 Å². The summed E-state index contributed by atoms with van der Waals surface area (Å²) in [5.74, 6) is -1.14. The van der Waals surface area contributed by atoms with E-state index in [1.807, 2.05) is 0 Å². The summed E-state index contributed by atoms with van der Waals surface area (Å²) < 4.78 is 37.1. The number of carboxylic acid groups (broad SMARTS) is 1. The number of aromatic nitrogens is 4. The van der Waals surface area contributed by atoms with Gasteiger partial charge in [-0.2, -0.15) is 13.2 Å². The van der Waals surface area contributed by atoms with Crippen molar-refractivity contribution in [3.8, 4) is 5.69 Å². The van der Waals surface area contributed by atoms with Gasteiger partial charge in [-0.1, -0.05) is 0 Å². The monoisotopic (exact) mass is 272 g/mol. The van der Waals surface area contributed by atoms with Crippen LogP contribution in [0.1, 0.15) is 11.4 Å². The summed E-state index contributed by atoms with van der Waals surface area (Å²) in [6.45, 7) is 0. The van der Waals surface area contributed by atoms with Gasteiger partial charge in [-0.3, -0.25) is 4.79 Å². The van der Waals surface area contributed by atoms with Crippen molar-refractivity contribution in [3.63, 3.8) is 0 Å². The molecule has 0 spiro atoms. The third-order valence-electron chi connectivity index (χ3n) is 2.19. The van der Waals surface area contributed by atoms with Gasteiger partial charge >= 0.3 is 12.1 Å². The van der Waals surface area contributed by atoms with Gasteiger partial charge in [-0.15, -0.1) is 15.0 Å². The zero-order valence-electron chi connectivity index (χ0n) is 9.29. The minimum absolute atomic E-state index is 0.0209. The Morgan fingerprint density at radius 3 is 2.42 bits per heavy atom. The van der Waals surface area contributed by atoms with Crippen LogP contribution < -0.4 is 0 Å². The van der Waals surface area contributed by atoms with Crippen LogP contribution in [0.3, 0.4) is 0 Å². The Hall–Kier alpha value is -2.45. The van der Waals surface area contributed by atoms with Gasteiger partial charge in [0, 0.05) is 0 Å². The highest BCUT2D eigenvalue weighted by Gasteiger charge is 2.30. The van der Waals surface area contributed by atoms with Crippen LogP contribution in [-0.4, -0.2) is 31.3 Å². The van der Waals surface area contributed by atoms with E-state index in [1.54, 1.807) is 0 Å². The Morgan fingerprint density at radius 1 is 1.26 bits per heavy atom. The largest absolute Gasteiger partial charge is 0.481 e. The summed E-state index contributed by atoms with van der Waals surface area (Å²) in [7, 11) is 0. The summed E-state index contributed by atoms with van der Waals surface area (Å²) in [4.78, 5) is 11.4. The Morgan fingerprint density at radius 2 is 1.89 bits per heavy atom. The van der Waals surface area contributed by atoms with E-state index in [-0.39, 0.29) is 11.5 Å². The molecule has 1 heterocycles. The third-order valence-corrected chi connectivity index (χ3v) is 2.19. The van der Waals surface area contributed by atoms with Crippen molar-refractivity contribution < 1.29 is 23.1 Å². The number of benzene rings is 1. The van der Waals surface area contributed by atoms with E-state index in [4.69, 9.17) is 5.11 Å². The quantitative estimate of drug-likeness (QED) is 0.911. The summed E-state index contributed by atoms with van der Waals surface area (Å²) in [6.07, 6.45) is -4.82. The van der Waals surface area contributed by atoms with Crippen LogP contribution in [0.5, 0.6) is 0 Å². The van der Waals surface area contributed by atoms with Gasteiger partial charge in [-0.05, 0) is 29.5 Å². The molecule has 0 bridgehead atoms. The summed E-state index contributed by atoms with van der Waals surface area (Å²) in [5, 5.41) is 19.3. The van der Waals surface area contributed by atoms with E-state index < -0.39 is 24.1 Å². The number of nitrogens with zero attached hydrogens (tertiary/aromatic N) is 4. The first kappa shape index (κ1) is 13.0. The lowest BCUT2D eigenvalue weighted by molar-refractivity contribution is -0.138. The van der Waals surface area contributed by atoms with Gasteiger partial charge in [-0.25, -0.2) is 0 Å². The lowest BCUT2D eigenvalue weighted by Gasteiger charge is -2.06. The Balaban J connectivity index is 2.23. The average Bonchev–Trinajstić information content (AvgIpc) is 2.75. The molecule has 1 aromatic carbocycles. The Labute approximate surface area is 104 Å². The molecule has 0 aliphatic heterocycles. The molecule has 0 saturated carbocycles. The van der Waals surface area contributed by atoms with Crippen LogP contribution in [-0.2, 0) is 17.4 Å². The van der Waals surface area contributed by atoms with Crippen molar-refractivity contribution in [1.82, 2.24) is 20.2 Å². The maximum atomic E-state index is 12.4. The highest BCUT2D eigenvalue weighted by Crippen LogP contribution is 2.29. The second-order valence-electron chi connectivity index (χ2n) is 3.61. The fourth-order valence-corrected chi connectivity index (χ4v) is 1.34. The molecule has 0 aliphatic carbocycles. The first-order chi connectivity index (χ1) is 8.86. The summed E-state index contributed by atoms with van der Waals surface area (Å²) >= 11 is 0. The zero-order valence-corrected chi connectivity index (χ0v) is 9.29. The van der Waals surface area contributed by atoms with Crippen molar-refractivity contribution in [2.75, 3.05) is 0 Å². The molecule has 100 valence electrons. The number of carboxylic acids is 1. The minimum atomic E-state index is -4.41. The first-order valence-corrected chi connectivity index (χ1v) is 5.04. The molecule has 0 fully saturated rings. The number of rotatable bonds is 3. The van der Waals surface area contributed by atoms with Crippen LogP contribution in [0.2, 0.25) is 0 Å². The first-order valence-electron chi connectivity index (χ1n) is 5.04. The molecule has 1 aromatic heterocycles. The average molecular weight is 272 g/mol. The van der Waals surface area contributed by atoms with E-state index >= 15 is 0 Å². The van der Waals surface area contributed by atoms with E-state index in [0.717, 1.165) is 16.9 Å². The highest BCUT2D eigenvalue weighted by molar-refractivity contribution is 5.68. The molecule has 9 heteroatoms. The normalized spacial score (nSPS) is 11.5. The van der Waals surface area contributed by atoms with Crippen molar-refractivity contribution in [3.05, 3.63) is 35.7 Å². The predicted molar refractivity (Wildman–Crippen MR) is 55.5 cm³/mol. The van der Waals surface area contributed by atoms with Gasteiger partial charge in [0.2, 0.25) is 0 Å². The van der Waals surface area contributed by atoms with Crippen molar-refractivity contribution in [2.45, 2.75) is 12.6 Å². The maximum absolute atomic E-state index is 12.4. The SMILES string of the molecule is O=C(O)Cc1nnn(-c2ccc(C(F)(F)F)cc2)n1. The molecule has 0 aliphatic rings. The predicted octanol–water partition coefficient (Wildman–Crippen LogP) is 1.31. The van der Waals surface area contributed by atoms with Crippen LogP contribution in [0.25, 0.3) is 5.69 Å². The standard InChI is InChI=1S/C10H7F3N4O2/c11-10(12,13)6-1-3-7(4-2-6)17-15-8(14-16-17)5-9(18)19/h1-4H,5H2,(H,18,19). The van der Waals surface area contributed by atoms with Gasteiger partial charge in [0.05, 0.1) is 11.3 Å². The number of halogens is 3. The summed E-state index contributed by atoms with van der Waals surface area (Å²) in [5.41, 5.74) is -0.528. The van der Waals surface area contributed by atoms with E-state index in [1.165, 1.54) is 12.1 Å². The Kier molecular flexibility index (Phi) is 3.19. The maximum Gasteiger partial charge on any atom is 0.416 e. The molecule has 0 saturated heterocycles. The number of tetrazole rings is 1. The van der Waals surface area contributed by atoms with Crippen molar-refractivity contribution in [2.24, 2.45) is 0 Å². The molecule has 1 N–H and O–H groups in total. The fourth-order valence-electron chi connectivity index (χ4n) is 1.34.